The lowest BCUT2D eigenvalue weighted by atomic mass is 9.95. The van der Waals surface area contributed by atoms with Crippen molar-refractivity contribution < 1.29 is 9.18 Å². The Bertz CT molecular complexity index is 1290. The van der Waals surface area contributed by atoms with Crippen molar-refractivity contribution >= 4 is 17.3 Å². The van der Waals surface area contributed by atoms with Gasteiger partial charge in [-0.05, 0) is 67.3 Å². The van der Waals surface area contributed by atoms with Crippen LogP contribution in [0.1, 0.15) is 39.7 Å². The summed E-state index contributed by atoms with van der Waals surface area (Å²) in [6, 6.07) is 22.7. The van der Waals surface area contributed by atoms with Crippen molar-refractivity contribution in [2.45, 2.75) is 32.7 Å². The second-order valence-corrected chi connectivity index (χ2v) is 8.80. The van der Waals surface area contributed by atoms with E-state index >= 15 is 0 Å². The number of carbonyl (C=O) groups is 1. The molecule has 2 N–H and O–H groups in total. The third-order valence-electron chi connectivity index (χ3n) is 6.46. The first-order chi connectivity index (χ1) is 16.5. The zero-order valence-electron chi connectivity index (χ0n) is 19.3. The number of rotatable bonds is 6. The van der Waals surface area contributed by atoms with Gasteiger partial charge in [0, 0.05) is 29.2 Å². The van der Waals surface area contributed by atoms with E-state index in [4.69, 9.17) is 0 Å². The van der Waals surface area contributed by atoms with Crippen LogP contribution in [0.5, 0.6) is 0 Å². The standard InChI is InChI=1S/C28H27FN4O/c1-18-27(19(2)32-31-18)28(21-6-4-3-5-7-21)33-15-14-22-17-24(12-13-25(22)33)30-26(34)16-20-8-10-23(29)11-9-20/h3-13,17,28H,14-16H2,1-2H3,(H,30,34)(H,31,32). The van der Waals surface area contributed by atoms with Crippen molar-refractivity contribution in [3.05, 3.63) is 112 Å². The Morgan fingerprint density at radius 3 is 2.56 bits per heavy atom. The molecule has 0 fully saturated rings. The molecular weight excluding hydrogens is 427 g/mol. The number of amides is 1. The molecule has 4 aromatic rings. The number of aromatic amines is 1. The third-order valence-corrected chi connectivity index (χ3v) is 6.46. The van der Waals surface area contributed by atoms with Gasteiger partial charge >= 0.3 is 0 Å². The van der Waals surface area contributed by atoms with Gasteiger partial charge in [-0.3, -0.25) is 9.89 Å². The van der Waals surface area contributed by atoms with Crippen LogP contribution in [0.4, 0.5) is 15.8 Å². The monoisotopic (exact) mass is 454 g/mol. The summed E-state index contributed by atoms with van der Waals surface area (Å²) in [7, 11) is 0. The molecule has 0 spiro atoms. The maximum atomic E-state index is 13.1. The maximum Gasteiger partial charge on any atom is 0.228 e. The highest BCUT2D eigenvalue weighted by Crippen LogP contribution is 2.41. The van der Waals surface area contributed by atoms with Gasteiger partial charge in [-0.2, -0.15) is 5.10 Å². The summed E-state index contributed by atoms with van der Waals surface area (Å²) in [5.41, 5.74) is 8.44. The quantitative estimate of drug-likeness (QED) is 0.405. The molecule has 0 radical (unpaired) electrons. The van der Waals surface area contributed by atoms with Crippen LogP contribution in [0.2, 0.25) is 0 Å². The van der Waals surface area contributed by atoms with Crippen LogP contribution < -0.4 is 10.2 Å². The number of aromatic nitrogens is 2. The molecule has 1 aliphatic rings. The van der Waals surface area contributed by atoms with E-state index in [-0.39, 0.29) is 24.2 Å². The molecule has 0 saturated heterocycles. The average Bonchev–Trinajstić information content (AvgIpc) is 3.40. The Hall–Kier alpha value is -3.93. The van der Waals surface area contributed by atoms with Crippen LogP contribution in [0.25, 0.3) is 0 Å². The summed E-state index contributed by atoms with van der Waals surface area (Å²) < 4.78 is 13.1. The number of hydrogen-bond acceptors (Lipinski definition) is 3. The molecule has 1 atom stereocenters. The highest BCUT2D eigenvalue weighted by molar-refractivity contribution is 5.92. The fourth-order valence-electron chi connectivity index (χ4n) is 4.87. The van der Waals surface area contributed by atoms with Crippen molar-refractivity contribution in [3.63, 3.8) is 0 Å². The molecule has 3 aromatic carbocycles. The molecule has 5 nitrogen and oxygen atoms in total. The fourth-order valence-corrected chi connectivity index (χ4v) is 4.87. The SMILES string of the molecule is Cc1n[nH]c(C)c1C(c1ccccc1)N1CCc2cc(NC(=O)Cc3ccc(F)cc3)ccc21. The second kappa shape index (κ2) is 9.14. The minimum atomic E-state index is -0.304. The van der Waals surface area contributed by atoms with E-state index in [1.54, 1.807) is 12.1 Å². The molecular formula is C28H27FN4O. The van der Waals surface area contributed by atoms with Gasteiger partial charge in [-0.25, -0.2) is 4.39 Å². The number of carbonyl (C=O) groups excluding carboxylic acids is 1. The maximum absolute atomic E-state index is 13.1. The van der Waals surface area contributed by atoms with E-state index in [9.17, 15) is 9.18 Å². The van der Waals surface area contributed by atoms with Gasteiger partial charge in [0.2, 0.25) is 5.91 Å². The number of nitrogens with one attached hydrogen (secondary N) is 2. The predicted molar refractivity (Wildman–Crippen MR) is 133 cm³/mol. The van der Waals surface area contributed by atoms with Crippen molar-refractivity contribution in [2.75, 3.05) is 16.8 Å². The molecule has 34 heavy (non-hydrogen) atoms. The van der Waals surface area contributed by atoms with Crippen LogP contribution in [0.3, 0.4) is 0 Å². The fraction of sp³-hybridized carbons (Fsp3) is 0.214. The van der Waals surface area contributed by atoms with E-state index in [1.807, 2.05) is 19.1 Å². The Labute approximate surface area is 198 Å². The zero-order chi connectivity index (χ0) is 23.7. The molecule has 5 rings (SSSR count). The van der Waals surface area contributed by atoms with Crippen LogP contribution >= 0.6 is 0 Å². The zero-order valence-corrected chi connectivity index (χ0v) is 19.3. The lowest BCUT2D eigenvalue weighted by Crippen LogP contribution is -2.28. The first-order valence-electron chi connectivity index (χ1n) is 11.5. The van der Waals surface area contributed by atoms with E-state index in [0.717, 1.165) is 35.6 Å². The summed E-state index contributed by atoms with van der Waals surface area (Å²) in [6.07, 6.45) is 1.11. The van der Waals surface area contributed by atoms with Gasteiger partial charge in [-0.1, -0.05) is 42.5 Å². The minimum absolute atomic E-state index is 0.0557. The first-order valence-corrected chi connectivity index (χ1v) is 11.5. The number of H-pyrrole nitrogens is 1. The summed E-state index contributed by atoms with van der Waals surface area (Å²) in [5, 5.41) is 10.6. The van der Waals surface area contributed by atoms with Gasteiger partial charge in [0.05, 0.1) is 18.2 Å². The van der Waals surface area contributed by atoms with Crippen molar-refractivity contribution in [1.82, 2.24) is 10.2 Å². The Morgan fingerprint density at radius 1 is 1.09 bits per heavy atom. The molecule has 6 heteroatoms. The Kier molecular flexibility index (Phi) is 5.88. The van der Waals surface area contributed by atoms with E-state index < -0.39 is 0 Å². The van der Waals surface area contributed by atoms with Crippen LogP contribution in [-0.4, -0.2) is 22.6 Å². The van der Waals surface area contributed by atoms with E-state index in [2.05, 4.69) is 63.7 Å². The lowest BCUT2D eigenvalue weighted by Gasteiger charge is -2.31. The number of anilines is 2. The normalized spacial score (nSPS) is 13.6. The Morgan fingerprint density at radius 2 is 1.85 bits per heavy atom. The van der Waals surface area contributed by atoms with Crippen molar-refractivity contribution in [2.24, 2.45) is 0 Å². The number of halogens is 1. The number of aryl methyl sites for hydroxylation is 2. The van der Waals surface area contributed by atoms with E-state index in [1.165, 1.54) is 34.5 Å². The number of fused-ring (bicyclic) bond motifs is 1. The molecule has 172 valence electrons. The number of benzene rings is 3. The molecule has 1 amide bonds. The Balaban J connectivity index is 1.40. The lowest BCUT2D eigenvalue weighted by molar-refractivity contribution is -0.115. The minimum Gasteiger partial charge on any atom is -0.360 e. The number of nitrogens with zero attached hydrogens (tertiary/aromatic N) is 2. The van der Waals surface area contributed by atoms with Gasteiger partial charge in [0.25, 0.3) is 0 Å². The molecule has 0 aliphatic carbocycles. The average molecular weight is 455 g/mol. The third kappa shape index (κ3) is 4.31. The first kappa shape index (κ1) is 21.9. The molecule has 0 saturated carbocycles. The summed E-state index contributed by atoms with van der Waals surface area (Å²) in [6.45, 7) is 5.00. The topological polar surface area (TPSA) is 61.0 Å². The molecule has 2 heterocycles. The summed E-state index contributed by atoms with van der Waals surface area (Å²) in [5.74, 6) is -0.421. The molecule has 1 unspecified atom stereocenters. The van der Waals surface area contributed by atoms with Gasteiger partial charge < -0.3 is 10.2 Å². The van der Waals surface area contributed by atoms with Gasteiger partial charge in [0.15, 0.2) is 0 Å². The van der Waals surface area contributed by atoms with Crippen molar-refractivity contribution in [3.8, 4) is 0 Å². The summed E-state index contributed by atoms with van der Waals surface area (Å²) in [4.78, 5) is 15.0. The van der Waals surface area contributed by atoms with Gasteiger partial charge in [-0.15, -0.1) is 0 Å². The van der Waals surface area contributed by atoms with Crippen LogP contribution in [-0.2, 0) is 17.6 Å². The summed E-state index contributed by atoms with van der Waals surface area (Å²) >= 11 is 0. The van der Waals surface area contributed by atoms with E-state index in [0.29, 0.717) is 0 Å². The smallest absolute Gasteiger partial charge is 0.228 e. The predicted octanol–water partition coefficient (Wildman–Crippen LogP) is 5.50. The molecule has 1 aliphatic heterocycles. The van der Waals surface area contributed by atoms with Crippen LogP contribution in [0.15, 0.2) is 72.8 Å². The largest absolute Gasteiger partial charge is 0.360 e. The van der Waals surface area contributed by atoms with Crippen molar-refractivity contribution in [1.29, 1.82) is 0 Å². The highest BCUT2D eigenvalue weighted by atomic mass is 19.1. The molecule has 0 bridgehead atoms. The van der Waals surface area contributed by atoms with Gasteiger partial charge in [0.1, 0.15) is 5.82 Å². The molecule has 1 aromatic heterocycles. The second-order valence-electron chi connectivity index (χ2n) is 8.80. The number of hydrogen-bond donors (Lipinski definition) is 2. The highest BCUT2D eigenvalue weighted by Gasteiger charge is 2.31. The van der Waals surface area contributed by atoms with Crippen LogP contribution in [0, 0.1) is 19.7 Å².